The molecule has 12 heteroatoms. The van der Waals surface area contributed by atoms with Crippen LogP contribution in [0, 0.1) is 29.9 Å². The summed E-state index contributed by atoms with van der Waals surface area (Å²) in [5.41, 5.74) is 0.388. The molecular formula is C22H23F3N4O5. The Morgan fingerprint density at radius 1 is 1.21 bits per heavy atom. The lowest BCUT2D eigenvalue weighted by atomic mass is 9.97. The summed E-state index contributed by atoms with van der Waals surface area (Å²) in [5.74, 6) is -1.38. The van der Waals surface area contributed by atoms with Gasteiger partial charge in [-0.3, -0.25) is 19.7 Å². The standard InChI is InChI=1S/C22H23F3N4O5/c1-13-9-17(18(29(32)33)10-14(13)2)27-20(30)12-34-21(31)15-5-7-28(8-6-15)19-4-3-16(11-26-19)22(23,24)25/h3-4,9-11,15H,5-8,12H2,1-2H3,(H,27,30). The van der Waals surface area contributed by atoms with E-state index >= 15 is 0 Å². The first kappa shape index (κ1) is 24.9. The second-order valence-electron chi connectivity index (χ2n) is 8.03. The zero-order valence-electron chi connectivity index (χ0n) is 18.5. The van der Waals surface area contributed by atoms with E-state index in [1.807, 2.05) is 0 Å². The van der Waals surface area contributed by atoms with Crippen LogP contribution in [-0.4, -0.2) is 41.5 Å². The minimum atomic E-state index is -4.46. The van der Waals surface area contributed by atoms with Gasteiger partial charge in [0.2, 0.25) is 0 Å². The maximum absolute atomic E-state index is 12.7. The van der Waals surface area contributed by atoms with Gasteiger partial charge in [0.05, 0.1) is 16.4 Å². The van der Waals surface area contributed by atoms with Gasteiger partial charge in [-0.25, -0.2) is 4.98 Å². The SMILES string of the molecule is Cc1cc(NC(=O)COC(=O)C2CCN(c3ccc(C(F)(F)F)cn3)CC2)c([N+](=O)[O-])cc1C. The van der Waals surface area contributed by atoms with Crippen molar-refractivity contribution in [3.8, 4) is 0 Å². The van der Waals surface area contributed by atoms with E-state index in [4.69, 9.17) is 4.74 Å². The third-order valence-corrected chi connectivity index (χ3v) is 5.66. The quantitative estimate of drug-likeness (QED) is 0.377. The minimum absolute atomic E-state index is 0.0199. The number of ether oxygens (including phenoxy) is 1. The van der Waals surface area contributed by atoms with Crippen LogP contribution in [0.25, 0.3) is 0 Å². The van der Waals surface area contributed by atoms with Crippen LogP contribution in [0.4, 0.5) is 30.4 Å². The average Bonchev–Trinajstić information content (AvgIpc) is 2.79. The molecule has 1 aromatic heterocycles. The Labute approximate surface area is 193 Å². The lowest BCUT2D eigenvalue weighted by Gasteiger charge is -2.31. The molecular weight excluding hydrogens is 457 g/mol. The molecule has 3 rings (SSSR count). The summed E-state index contributed by atoms with van der Waals surface area (Å²) in [6.07, 6.45) is -2.93. The Kier molecular flexibility index (Phi) is 7.38. The van der Waals surface area contributed by atoms with E-state index in [2.05, 4.69) is 10.3 Å². The van der Waals surface area contributed by atoms with Crippen molar-refractivity contribution >= 4 is 29.1 Å². The Balaban J connectivity index is 1.50. The van der Waals surface area contributed by atoms with E-state index < -0.39 is 41.1 Å². The highest BCUT2D eigenvalue weighted by Gasteiger charge is 2.32. The Bertz CT molecular complexity index is 1080. The number of piperidine rings is 1. The number of nitrogens with one attached hydrogen (secondary N) is 1. The number of esters is 1. The molecule has 0 unspecified atom stereocenters. The van der Waals surface area contributed by atoms with Crippen LogP contribution in [0.1, 0.15) is 29.5 Å². The second kappa shape index (κ2) is 10.1. The second-order valence-corrected chi connectivity index (χ2v) is 8.03. The van der Waals surface area contributed by atoms with Crippen LogP contribution in [0.5, 0.6) is 0 Å². The van der Waals surface area contributed by atoms with Gasteiger partial charge in [-0.15, -0.1) is 0 Å². The number of carbonyl (C=O) groups is 2. The average molecular weight is 480 g/mol. The van der Waals surface area contributed by atoms with Crippen molar-refractivity contribution in [2.45, 2.75) is 32.9 Å². The van der Waals surface area contributed by atoms with Gasteiger partial charge in [0.25, 0.3) is 11.6 Å². The predicted octanol–water partition coefficient (Wildman–Crippen LogP) is 4.02. The molecule has 182 valence electrons. The molecule has 0 aliphatic carbocycles. The molecule has 1 aliphatic rings. The first-order valence-electron chi connectivity index (χ1n) is 10.5. The molecule has 0 spiro atoms. The van der Waals surface area contributed by atoms with Gasteiger partial charge in [-0.1, -0.05) is 0 Å². The number of anilines is 2. The monoisotopic (exact) mass is 480 g/mol. The fraction of sp³-hybridized carbons (Fsp3) is 0.409. The van der Waals surface area contributed by atoms with Crippen molar-refractivity contribution in [2.24, 2.45) is 5.92 Å². The Hall–Kier alpha value is -3.70. The molecule has 1 aliphatic heterocycles. The summed E-state index contributed by atoms with van der Waals surface area (Å²) in [6, 6.07) is 5.09. The summed E-state index contributed by atoms with van der Waals surface area (Å²) >= 11 is 0. The number of hydrogen-bond donors (Lipinski definition) is 1. The van der Waals surface area contributed by atoms with Gasteiger partial charge in [0.15, 0.2) is 6.61 Å². The van der Waals surface area contributed by atoms with Gasteiger partial charge in [0.1, 0.15) is 11.5 Å². The zero-order valence-corrected chi connectivity index (χ0v) is 18.5. The van der Waals surface area contributed by atoms with Gasteiger partial charge in [-0.2, -0.15) is 13.2 Å². The number of hydrogen-bond acceptors (Lipinski definition) is 7. The van der Waals surface area contributed by atoms with Gasteiger partial charge < -0.3 is 15.0 Å². The molecule has 34 heavy (non-hydrogen) atoms. The number of nitro benzene ring substituents is 1. The topological polar surface area (TPSA) is 115 Å². The van der Waals surface area contributed by atoms with Crippen molar-refractivity contribution in [1.29, 1.82) is 0 Å². The number of benzene rings is 1. The minimum Gasteiger partial charge on any atom is -0.455 e. The van der Waals surface area contributed by atoms with E-state index in [-0.39, 0.29) is 11.4 Å². The molecule has 9 nitrogen and oxygen atoms in total. The fourth-order valence-corrected chi connectivity index (χ4v) is 3.58. The molecule has 0 saturated carbocycles. The summed E-state index contributed by atoms with van der Waals surface area (Å²) in [5, 5.41) is 13.6. The number of aromatic nitrogens is 1. The Morgan fingerprint density at radius 3 is 2.41 bits per heavy atom. The van der Waals surface area contributed by atoms with Crippen molar-refractivity contribution in [3.05, 3.63) is 57.3 Å². The molecule has 0 bridgehead atoms. The summed E-state index contributed by atoms with van der Waals surface area (Å²) in [6.45, 7) is 3.65. The smallest absolute Gasteiger partial charge is 0.417 e. The van der Waals surface area contributed by atoms with Crippen LogP contribution in [0.15, 0.2) is 30.5 Å². The molecule has 1 aromatic carbocycles. The number of aryl methyl sites for hydroxylation is 2. The van der Waals surface area contributed by atoms with Crippen molar-refractivity contribution in [1.82, 2.24) is 4.98 Å². The van der Waals surface area contributed by atoms with E-state index in [1.165, 1.54) is 18.2 Å². The summed E-state index contributed by atoms with van der Waals surface area (Å²) < 4.78 is 43.1. The highest BCUT2D eigenvalue weighted by atomic mass is 19.4. The van der Waals surface area contributed by atoms with Crippen molar-refractivity contribution < 1.29 is 32.4 Å². The van der Waals surface area contributed by atoms with E-state index in [0.29, 0.717) is 37.3 Å². The number of nitrogens with zero attached hydrogens (tertiary/aromatic N) is 3. The molecule has 2 heterocycles. The van der Waals surface area contributed by atoms with Crippen LogP contribution in [0.2, 0.25) is 0 Å². The van der Waals surface area contributed by atoms with Crippen LogP contribution in [0.3, 0.4) is 0 Å². The van der Waals surface area contributed by atoms with Gasteiger partial charge in [0, 0.05) is 25.4 Å². The third-order valence-electron chi connectivity index (χ3n) is 5.66. The molecule has 1 amide bonds. The lowest BCUT2D eigenvalue weighted by molar-refractivity contribution is -0.384. The van der Waals surface area contributed by atoms with Gasteiger partial charge in [-0.05, 0) is 56.0 Å². The number of carbonyl (C=O) groups excluding carboxylic acids is 2. The number of rotatable bonds is 6. The Morgan fingerprint density at radius 2 is 1.85 bits per heavy atom. The van der Waals surface area contributed by atoms with Crippen LogP contribution >= 0.6 is 0 Å². The number of amides is 1. The summed E-state index contributed by atoms with van der Waals surface area (Å²) in [4.78, 5) is 40.8. The van der Waals surface area contributed by atoms with E-state index in [9.17, 15) is 32.9 Å². The first-order valence-corrected chi connectivity index (χ1v) is 10.5. The maximum atomic E-state index is 12.7. The van der Waals surface area contributed by atoms with Crippen LogP contribution < -0.4 is 10.2 Å². The van der Waals surface area contributed by atoms with Gasteiger partial charge >= 0.3 is 12.1 Å². The molecule has 0 atom stereocenters. The highest BCUT2D eigenvalue weighted by molar-refractivity contribution is 5.95. The number of alkyl halides is 3. The number of pyridine rings is 1. The number of nitro groups is 1. The highest BCUT2D eigenvalue weighted by Crippen LogP contribution is 2.31. The molecule has 2 aromatic rings. The maximum Gasteiger partial charge on any atom is 0.417 e. The van der Waals surface area contributed by atoms with Crippen LogP contribution in [-0.2, 0) is 20.5 Å². The van der Waals surface area contributed by atoms with E-state index in [0.717, 1.165) is 17.8 Å². The molecule has 1 saturated heterocycles. The van der Waals surface area contributed by atoms with Crippen molar-refractivity contribution in [3.63, 3.8) is 0 Å². The molecule has 1 fully saturated rings. The molecule has 1 N–H and O–H groups in total. The molecule has 0 radical (unpaired) electrons. The zero-order chi connectivity index (χ0) is 25.0. The van der Waals surface area contributed by atoms with E-state index in [1.54, 1.807) is 18.7 Å². The summed E-state index contributed by atoms with van der Waals surface area (Å²) in [7, 11) is 0. The predicted molar refractivity (Wildman–Crippen MR) is 116 cm³/mol. The first-order chi connectivity index (χ1) is 16.0. The van der Waals surface area contributed by atoms with Crippen molar-refractivity contribution in [2.75, 3.05) is 29.9 Å². The lowest BCUT2D eigenvalue weighted by Crippen LogP contribution is -2.38. The normalized spacial score (nSPS) is 14.6. The largest absolute Gasteiger partial charge is 0.455 e. The number of halogens is 3. The third kappa shape index (κ3) is 6.00. The fourth-order valence-electron chi connectivity index (χ4n) is 3.58.